The molecule has 0 saturated carbocycles. The number of hydrogen-bond acceptors (Lipinski definition) is 4. The van der Waals surface area contributed by atoms with Crippen LogP contribution in [-0.4, -0.2) is 26.2 Å². The standard InChI is InChI=1S/C24H24ClN3S/c25-20-9-3-6-18-7-4-10-21(23(18)20)27-15-13-26-14-16-28-24-19-8-2-1-5-17(19)11-12-22(24)29/h1-12,26-29H,13-16H2. The van der Waals surface area contributed by atoms with Crippen molar-refractivity contribution in [2.24, 2.45) is 0 Å². The van der Waals surface area contributed by atoms with Crippen molar-refractivity contribution >= 4 is 57.1 Å². The lowest BCUT2D eigenvalue weighted by Gasteiger charge is -2.14. The summed E-state index contributed by atoms with van der Waals surface area (Å²) in [5.41, 5.74) is 2.17. The Morgan fingerprint density at radius 1 is 0.690 bits per heavy atom. The van der Waals surface area contributed by atoms with Crippen molar-refractivity contribution in [3.63, 3.8) is 0 Å². The summed E-state index contributed by atoms with van der Waals surface area (Å²) in [6.45, 7) is 3.40. The number of fused-ring (bicyclic) bond motifs is 2. The molecule has 4 aromatic carbocycles. The Labute approximate surface area is 181 Å². The number of anilines is 2. The van der Waals surface area contributed by atoms with Gasteiger partial charge in [0.15, 0.2) is 0 Å². The van der Waals surface area contributed by atoms with Gasteiger partial charge >= 0.3 is 0 Å². The number of halogens is 1. The molecule has 0 atom stereocenters. The zero-order valence-corrected chi connectivity index (χ0v) is 17.7. The van der Waals surface area contributed by atoms with E-state index in [1.54, 1.807) is 0 Å². The Kier molecular flexibility index (Phi) is 6.45. The van der Waals surface area contributed by atoms with Gasteiger partial charge < -0.3 is 16.0 Å². The van der Waals surface area contributed by atoms with Gasteiger partial charge in [0.2, 0.25) is 0 Å². The second-order valence-electron chi connectivity index (χ2n) is 6.93. The normalized spacial score (nSPS) is 11.1. The van der Waals surface area contributed by atoms with Crippen LogP contribution < -0.4 is 16.0 Å². The Bertz CT molecular complexity index is 1120. The third kappa shape index (κ3) is 4.61. The van der Waals surface area contributed by atoms with Crippen molar-refractivity contribution in [2.45, 2.75) is 4.90 Å². The molecule has 3 N–H and O–H groups in total. The second-order valence-corrected chi connectivity index (χ2v) is 7.82. The minimum atomic E-state index is 0.778. The lowest BCUT2D eigenvalue weighted by atomic mass is 10.1. The topological polar surface area (TPSA) is 36.1 Å². The first-order valence-corrected chi connectivity index (χ1v) is 10.6. The molecule has 29 heavy (non-hydrogen) atoms. The molecule has 4 aromatic rings. The fourth-order valence-electron chi connectivity index (χ4n) is 3.57. The molecule has 0 aliphatic rings. The summed E-state index contributed by atoms with van der Waals surface area (Å²) >= 11 is 11.0. The summed E-state index contributed by atoms with van der Waals surface area (Å²) in [7, 11) is 0. The van der Waals surface area contributed by atoms with Crippen LogP contribution >= 0.6 is 24.2 Å². The van der Waals surface area contributed by atoms with Gasteiger partial charge in [0, 0.05) is 47.5 Å². The van der Waals surface area contributed by atoms with Crippen LogP contribution in [0.2, 0.25) is 5.02 Å². The predicted octanol–water partition coefficient (Wildman–Crippen LogP) is 6.05. The summed E-state index contributed by atoms with van der Waals surface area (Å²) in [6.07, 6.45) is 0. The molecule has 4 rings (SSSR count). The first kappa shape index (κ1) is 19.9. The molecule has 0 aliphatic carbocycles. The minimum absolute atomic E-state index is 0.778. The highest BCUT2D eigenvalue weighted by molar-refractivity contribution is 7.80. The Morgan fingerprint density at radius 2 is 1.41 bits per heavy atom. The molecule has 0 spiro atoms. The number of nitrogens with one attached hydrogen (secondary N) is 3. The van der Waals surface area contributed by atoms with Gasteiger partial charge in [-0.25, -0.2) is 0 Å². The molecule has 5 heteroatoms. The number of benzene rings is 4. The Balaban J connectivity index is 1.26. The zero-order valence-electron chi connectivity index (χ0n) is 16.1. The molecule has 0 amide bonds. The Hall–Kier alpha value is -2.40. The van der Waals surface area contributed by atoms with Crippen molar-refractivity contribution in [2.75, 3.05) is 36.8 Å². The van der Waals surface area contributed by atoms with E-state index in [0.717, 1.165) is 58.2 Å². The molecule has 148 valence electrons. The van der Waals surface area contributed by atoms with Crippen LogP contribution in [0.15, 0.2) is 77.7 Å². The summed E-state index contributed by atoms with van der Waals surface area (Å²) in [5.74, 6) is 0. The smallest absolute Gasteiger partial charge is 0.0555 e. The molecule has 0 heterocycles. The van der Waals surface area contributed by atoms with E-state index in [-0.39, 0.29) is 0 Å². The van der Waals surface area contributed by atoms with E-state index in [0.29, 0.717) is 0 Å². The van der Waals surface area contributed by atoms with Crippen LogP contribution in [0, 0.1) is 0 Å². The second kappa shape index (κ2) is 9.40. The Morgan fingerprint density at radius 3 is 2.28 bits per heavy atom. The number of rotatable bonds is 8. The summed E-state index contributed by atoms with van der Waals surface area (Å²) < 4.78 is 0. The van der Waals surface area contributed by atoms with E-state index >= 15 is 0 Å². The third-order valence-electron chi connectivity index (χ3n) is 4.98. The van der Waals surface area contributed by atoms with Gasteiger partial charge in [0.05, 0.1) is 10.7 Å². The van der Waals surface area contributed by atoms with Crippen molar-refractivity contribution in [3.8, 4) is 0 Å². The highest BCUT2D eigenvalue weighted by atomic mass is 35.5. The maximum absolute atomic E-state index is 6.39. The molecule has 0 fully saturated rings. The maximum Gasteiger partial charge on any atom is 0.0555 e. The van der Waals surface area contributed by atoms with E-state index in [2.05, 4.69) is 83.2 Å². The lowest BCUT2D eigenvalue weighted by Crippen LogP contribution is -2.27. The third-order valence-corrected chi connectivity index (χ3v) is 5.67. The monoisotopic (exact) mass is 421 g/mol. The predicted molar refractivity (Wildman–Crippen MR) is 130 cm³/mol. The first-order chi connectivity index (χ1) is 14.2. The fraction of sp³-hybridized carbons (Fsp3) is 0.167. The van der Waals surface area contributed by atoms with Crippen molar-refractivity contribution in [3.05, 3.63) is 77.8 Å². The van der Waals surface area contributed by atoms with Crippen LogP contribution in [0.5, 0.6) is 0 Å². The van der Waals surface area contributed by atoms with Gasteiger partial charge in [-0.1, -0.05) is 66.2 Å². The summed E-state index contributed by atoms with van der Waals surface area (Å²) in [4.78, 5) is 0.971. The molecule has 3 nitrogen and oxygen atoms in total. The minimum Gasteiger partial charge on any atom is -0.383 e. The largest absolute Gasteiger partial charge is 0.383 e. The number of thiol groups is 1. The molecule has 0 aromatic heterocycles. The van der Waals surface area contributed by atoms with Crippen molar-refractivity contribution in [1.29, 1.82) is 0 Å². The zero-order chi connectivity index (χ0) is 20.1. The molecule has 0 saturated heterocycles. The van der Waals surface area contributed by atoms with Gasteiger partial charge in [-0.15, -0.1) is 12.6 Å². The molecular formula is C24H24ClN3S. The highest BCUT2D eigenvalue weighted by Gasteiger charge is 2.05. The van der Waals surface area contributed by atoms with Gasteiger partial charge in [-0.3, -0.25) is 0 Å². The van der Waals surface area contributed by atoms with Gasteiger partial charge in [-0.05, 0) is 29.0 Å². The lowest BCUT2D eigenvalue weighted by molar-refractivity contribution is 0.719. The van der Waals surface area contributed by atoms with Gasteiger partial charge in [0.1, 0.15) is 0 Å². The van der Waals surface area contributed by atoms with Crippen LogP contribution in [0.3, 0.4) is 0 Å². The van der Waals surface area contributed by atoms with Gasteiger partial charge in [0.25, 0.3) is 0 Å². The van der Waals surface area contributed by atoms with Crippen molar-refractivity contribution in [1.82, 2.24) is 5.32 Å². The highest BCUT2D eigenvalue weighted by Crippen LogP contribution is 2.30. The quantitative estimate of drug-likeness (QED) is 0.206. The molecular weight excluding hydrogens is 398 g/mol. The van der Waals surface area contributed by atoms with E-state index in [1.807, 2.05) is 18.2 Å². The molecule has 0 bridgehead atoms. The molecule has 0 aliphatic heterocycles. The average Bonchev–Trinajstić information content (AvgIpc) is 2.74. The first-order valence-electron chi connectivity index (χ1n) is 9.80. The van der Waals surface area contributed by atoms with Crippen LogP contribution in [-0.2, 0) is 0 Å². The van der Waals surface area contributed by atoms with Crippen LogP contribution in [0.1, 0.15) is 0 Å². The maximum atomic E-state index is 6.39. The SMILES string of the molecule is Sc1ccc2ccccc2c1NCCNCCNc1cccc2cccc(Cl)c12. The summed E-state index contributed by atoms with van der Waals surface area (Å²) in [5, 5.41) is 15.9. The van der Waals surface area contributed by atoms with Crippen LogP contribution in [0.4, 0.5) is 11.4 Å². The molecule has 0 unspecified atom stereocenters. The van der Waals surface area contributed by atoms with E-state index < -0.39 is 0 Å². The van der Waals surface area contributed by atoms with E-state index in [1.165, 1.54) is 10.8 Å². The van der Waals surface area contributed by atoms with Crippen LogP contribution in [0.25, 0.3) is 21.5 Å². The van der Waals surface area contributed by atoms with E-state index in [4.69, 9.17) is 11.6 Å². The summed E-state index contributed by atoms with van der Waals surface area (Å²) in [6, 6.07) is 24.7. The van der Waals surface area contributed by atoms with Crippen molar-refractivity contribution < 1.29 is 0 Å². The average molecular weight is 422 g/mol. The molecule has 0 radical (unpaired) electrons. The number of hydrogen-bond donors (Lipinski definition) is 4. The van der Waals surface area contributed by atoms with Gasteiger partial charge in [-0.2, -0.15) is 0 Å². The van der Waals surface area contributed by atoms with E-state index in [9.17, 15) is 0 Å². The fourth-order valence-corrected chi connectivity index (χ4v) is 4.13.